The van der Waals surface area contributed by atoms with E-state index in [0.717, 1.165) is 5.56 Å². The largest absolute Gasteiger partial charge is 0.454 e. The Morgan fingerprint density at radius 2 is 1.64 bits per heavy atom. The first kappa shape index (κ1) is 29.1. The summed E-state index contributed by atoms with van der Waals surface area (Å²) in [6, 6.07) is 17.3. The number of hydrogen-bond donors (Lipinski definition) is 3. The maximum absolute atomic E-state index is 13.6. The first-order valence-electron chi connectivity index (χ1n) is 14.0. The molecule has 5 rings (SSSR count). The normalized spacial score (nSPS) is 15.5. The molecule has 1 fully saturated rings. The molecule has 0 radical (unpaired) electrons. The third kappa shape index (κ3) is 5.69. The Labute approximate surface area is 245 Å². The monoisotopic (exact) mass is 571 g/mol. The number of amides is 3. The molecule has 3 aromatic carbocycles. The molecule has 220 valence electrons. The minimum atomic E-state index is -0.660. The van der Waals surface area contributed by atoms with E-state index >= 15 is 0 Å². The highest BCUT2D eigenvalue weighted by Gasteiger charge is 2.51. The van der Waals surface area contributed by atoms with Gasteiger partial charge < -0.3 is 30.1 Å². The standard InChI is InChI=1S/C33H37N3O6/c1-32(2,3)28(18-37)35-29(38)24-12-11-23(17-25(24)20-6-8-21(9-7-20)30(39)36(4)5)34-31(40)33(14-15-33)22-10-13-26-27(16-22)42-19-41-26/h6-13,16-17,28,37H,14-15,18-19H2,1-5H3,(H,34,40)(H,35,38)/t28-/m0/s1. The number of rotatable bonds is 8. The van der Waals surface area contributed by atoms with Crippen molar-refractivity contribution in [1.29, 1.82) is 0 Å². The van der Waals surface area contributed by atoms with Gasteiger partial charge in [-0.1, -0.05) is 39.0 Å². The molecule has 3 aromatic rings. The van der Waals surface area contributed by atoms with Gasteiger partial charge in [-0.25, -0.2) is 0 Å². The minimum absolute atomic E-state index is 0.130. The number of fused-ring (bicyclic) bond motifs is 1. The number of hydrogen-bond acceptors (Lipinski definition) is 6. The third-order valence-corrected chi connectivity index (χ3v) is 8.01. The van der Waals surface area contributed by atoms with Gasteiger partial charge in [0.25, 0.3) is 11.8 Å². The van der Waals surface area contributed by atoms with E-state index in [0.29, 0.717) is 52.3 Å². The Morgan fingerprint density at radius 3 is 2.26 bits per heavy atom. The van der Waals surface area contributed by atoms with Crippen molar-refractivity contribution in [3.8, 4) is 22.6 Å². The van der Waals surface area contributed by atoms with Crippen LogP contribution < -0.4 is 20.1 Å². The number of anilines is 1. The fraction of sp³-hybridized carbons (Fsp3) is 0.364. The number of aliphatic hydroxyl groups excluding tert-OH is 1. The van der Waals surface area contributed by atoms with Gasteiger partial charge in [0.2, 0.25) is 12.7 Å². The van der Waals surface area contributed by atoms with Gasteiger partial charge in [-0.3, -0.25) is 14.4 Å². The van der Waals surface area contributed by atoms with E-state index in [9.17, 15) is 19.5 Å². The van der Waals surface area contributed by atoms with Crippen LogP contribution in [0.1, 0.15) is 59.9 Å². The Balaban J connectivity index is 1.46. The molecule has 42 heavy (non-hydrogen) atoms. The van der Waals surface area contributed by atoms with E-state index in [4.69, 9.17) is 9.47 Å². The Kier molecular flexibility index (Phi) is 7.72. The molecular formula is C33H37N3O6. The average molecular weight is 572 g/mol. The summed E-state index contributed by atoms with van der Waals surface area (Å²) in [6.45, 7) is 5.80. The average Bonchev–Trinajstić information content (AvgIpc) is 3.65. The molecule has 9 heteroatoms. The third-order valence-electron chi connectivity index (χ3n) is 8.01. The molecule has 1 heterocycles. The lowest BCUT2D eigenvalue weighted by Gasteiger charge is -2.30. The van der Waals surface area contributed by atoms with Crippen molar-refractivity contribution in [3.05, 3.63) is 77.4 Å². The van der Waals surface area contributed by atoms with Gasteiger partial charge in [0.15, 0.2) is 11.5 Å². The summed E-state index contributed by atoms with van der Waals surface area (Å²) in [7, 11) is 3.38. The molecule has 1 aliphatic carbocycles. The molecule has 2 aliphatic rings. The molecular weight excluding hydrogens is 534 g/mol. The lowest BCUT2D eigenvalue weighted by molar-refractivity contribution is -0.118. The molecule has 0 aromatic heterocycles. The summed E-state index contributed by atoms with van der Waals surface area (Å²) >= 11 is 0. The number of nitrogens with zero attached hydrogens (tertiary/aromatic N) is 1. The Bertz CT molecular complexity index is 1520. The van der Waals surface area contributed by atoms with Crippen molar-refractivity contribution in [2.45, 2.75) is 45.1 Å². The van der Waals surface area contributed by atoms with E-state index < -0.39 is 11.5 Å². The lowest BCUT2D eigenvalue weighted by Crippen LogP contribution is -2.46. The molecule has 1 atom stereocenters. The predicted octanol–water partition coefficient (Wildman–Crippen LogP) is 4.59. The molecule has 3 amide bonds. The van der Waals surface area contributed by atoms with Crippen LogP contribution in [0, 0.1) is 5.41 Å². The highest BCUT2D eigenvalue weighted by molar-refractivity contribution is 6.05. The molecule has 3 N–H and O–H groups in total. The molecule has 0 unspecified atom stereocenters. The quantitative estimate of drug-likeness (QED) is 0.364. The first-order chi connectivity index (χ1) is 19.9. The Hall–Kier alpha value is -4.37. The number of carbonyl (C=O) groups excluding carboxylic acids is 3. The zero-order valence-electron chi connectivity index (χ0n) is 24.6. The summed E-state index contributed by atoms with van der Waals surface area (Å²) in [6.07, 6.45) is 1.42. The van der Waals surface area contributed by atoms with Crippen molar-refractivity contribution in [3.63, 3.8) is 0 Å². The van der Waals surface area contributed by atoms with E-state index in [-0.39, 0.29) is 36.5 Å². The molecule has 1 saturated carbocycles. The molecule has 1 aliphatic heterocycles. The van der Waals surface area contributed by atoms with Crippen molar-refractivity contribution >= 4 is 23.4 Å². The van der Waals surface area contributed by atoms with Crippen molar-refractivity contribution in [2.75, 3.05) is 32.8 Å². The zero-order valence-corrected chi connectivity index (χ0v) is 24.6. The van der Waals surface area contributed by atoms with Gasteiger partial charge in [-0.05, 0) is 77.4 Å². The molecule has 0 spiro atoms. The van der Waals surface area contributed by atoms with E-state index in [1.165, 1.54) is 4.90 Å². The van der Waals surface area contributed by atoms with Gasteiger partial charge in [0.1, 0.15) is 0 Å². The van der Waals surface area contributed by atoms with Crippen LogP contribution in [-0.4, -0.2) is 61.3 Å². The van der Waals surface area contributed by atoms with Crippen LogP contribution >= 0.6 is 0 Å². The summed E-state index contributed by atoms with van der Waals surface area (Å²) in [5, 5.41) is 15.9. The summed E-state index contributed by atoms with van der Waals surface area (Å²) in [4.78, 5) is 41.1. The van der Waals surface area contributed by atoms with Crippen LogP contribution in [0.25, 0.3) is 11.1 Å². The highest BCUT2D eigenvalue weighted by atomic mass is 16.7. The van der Waals surface area contributed by atoms with Crippen LogP contribution in [0.15, 0.2) is 60.7 Å². The second-order valence-corrected chi connectivity index (χ2v) is 12.2. The lowest BCUT2D eigenvalue weighted by atomic mass is 9.87. The number of nitrogens with one attached hydrogen (secondary N) is 2. The fourth-order valence-electron chi connectivity index (χ4n) is 5.10. The van der Waals surface area contributed by atoms with Crippen molar-refractivity contribution in [2.24, 2.45) is 5.41 Å². The first-order valence-corrected chi connectivity index (χ1v) is 14.0. The van der Waals surface area contributed by atoms with E-state index in [1.807, 2.05) is 39.0 Å². The van der Waals surface area contributed by atoms with Crippen molar-refractivity contribution in [1.82, 2.24) is 10.2 Å². The zero-order chi connectivity index (χ0) is 30.2. The van der Waals surface area contributed by atoms with Crippen LogP contribution in [0.5, 0.6) is 11.5 Å². The van der Waals surface area contributed by atoms with Gasteiger partial charge >= 0.3 is 0 Å². The van der Waals surface area contributed by atoms with Crippen LogP contribution in [0.4, 0.5) is 5.69 Å². The number of benzene rings is 3. The second kappa shape index (κ2) is 11.1. The van der Waals surface area contributed by atoms with E-state index in [1.54, 1.807) is 56.6 Å². The van der Waals surface area contributed by atoms with Crippen LogP contribution in [-0.2, 0) is 10.2 Å². The van der Waals surface area contributed by atoms with Gasteiger partial charge in [0.05, 0.1) is 18.1 Å². The van der Waals surface area contributed by atoms with Gasteiger partial charge in [0, 0.05) is 30.9 Å². The highest BCUT2D eigenvalue weighted by Crippen LogP contribution is 2.51. The van der Waals surface area contributed by atoms with Crippen LogP contribution in [0.2, 0.25) is 0 Å². The maximum Gasteiger partial charge on any atom is 0.253 e. The number of carbonyl (C=O) groups is 3. The minimum Gasteiger partial charge on any atom is -0.454 e. The smallest absolute Gasteiger partial charge is 0.253 e. The summed E-state index contributed by atoms with van der Waals surface area (Å²) < 4.78 is 10.9. The van der Waals surface area contributed by atoms with E-state index in [2.05, 4.69) is 10.6 Å². The number of aliphatic hydroxyl groups is 1. The fourth-order valence-corrected chi connectivity index (χ4v) is 5.10. The SMILES string of the molecule is CN(C)C(=O)c1ccc(-c2cc(NC(=O)C3(c4ccc5c(c4)OCO5)CC3)ccc2C(=O)N[C@@H](CO)C(C)(C)C)cc1. The topological polar surface area (TPSA) is 117 Å². The molecule has 9 nitrogen and oxygen atoms in total. The second-order valence-electron chi connectivity index (χ2n) is 12.2. The summed E-state index contributed by atoms with van der Waals surface area (Å²) in [5.41, 5.74) is 2.60. The summed E-state index contributed by atoms with van der Waals surface area (Å²) in [5.74, 6) is 0.696. The van der Waals surface area contributed by atoms with Gasteiger partial charge in [-0.15, -0.1) is 0 Å². The predicted molar refractivity (Wildman–Crippen MR) is 160 cm³/mol. The molecule has 0 bridgehead atoms. The Morgan fingerprint density at radius 1 is 0.952 bits per heavy atom. The van der Waals surface area contributed by atoms with Crippen molar-refractivity contribution < 1.29 is 29.0 Å². The number of ether oxygens (including phenoxy) is 2. The maximum atomic E-state index is 13.6. The van der Waals surface area contributed by atoms with Gasteiger partial charge in [-0.2, -0.15) is 0 Å². The molecule has 0 saturated heterocycles. The van der Waals surface area contributed by atoms with Crippen LogP contribution in [0.3, 0.4) is 0 Å².